The van der Waals surface area contributed by atoms with Gasteiger partial charge in [-0.2, -0.15) is 0 Å². The number of carbonyl (C=O) groups excluding carboxylic acids is 1. The zero-order chi connectivity index (χ0) is 17.0. The predicted octanol–water partition coefficient (Wildman–Crippen LogP) is 1.22. The summed E-state index contributed by atoms with van der Waals surface area (Å²) >= 11 is 0. The average molecular weight is 334 g/mol. The van der Waals surface area contributed by atoms with E-state index in [0.29, 0.717) is 17.2 Å². The molecule has 0 aliphatic carbocycles. The second-order valence-electron chi connectivity index (χ2n) is 5.13. The lowest BCUT2D eigenvalue weighted by Gasteiger charge is -2.12. The van der Waals surface area contributed by atoms with Gasteiger partial charge in [-0.3, -0.25) is 4.79 Å². The van der Waals surface area contributed by atoms with Crippen molar-refractivity contribution in [2.75, 3.05) is 19.0 Å². The Labute approximate surface area is 135 Å². The Kier molecular flexibility index (Phi) is 5.07. The lowest BCUT2D eigenvalue weighted by molar-refractivity contribution is 0.101. The van der Waals surface area contributed by atoms with E-state index < -0.39 is 10.0 Å². The third kappa shape index (κ3) is 4.33. The van der Waals surface area contributed by atoms with E-state index in [1.54, 1.807) is 23.2 Å². The van der Waals surface area contributed by atoms with Gasteiger partial charge >= 0.3 is 0 Å². The van der Waals surface area contributed by atoms with E-state index in [2.05, 4.69) is 14.7 Å². The fourth-order valence-electron chi connectivity index (χ4n) is 1.85. The van der Waals surface area contributed by atoms with Crippen molar-refractivity contribution in [1.29, 1.82) is 0 Å². The minimum absolute atomic E-state index is 0.0334. The molecule has 0 saturated carbocycles. The minimum atomic E-state index is -3.74. The van der Waals surface area contributed by atoms with Gasteiger partial charge in [-0.1, -0.05) is 12.1 Å². The molecular formula is C15H18N4O3S. The first-order valence-corrected chi connectivity index (χ1v) is 8.38. The second-order valence-corrected chi connectivity index (χ2v) is 6.90. The van der Waals surface area contributed by atoms with Crippen LogP contribution in [0.5, 0.6) is 0 Å². The Morgan fingerprint density at radius 1 is 1.26 bits per heavy atom. The molecule has 0 amide bonds. The van der Waals surface area contributed by atoms with Crippen molar-refractivity contribution < 1.29 is 13.2 Å². The first-order valence-electron chi connectivity index (χ1n) is 6.89. The highest BCUT2D eigenvalue weighted by Gasteiger charge is 2.16. The summed E-state index contributed by atoms with van der Waals surface area (Å²) in [6.07, 6.45) is 1.57. The third-order valence-corrected chi connectivity index (χ3v) is 4.52. The molecular weight excluding hydrogens is 316 g/mol. The highest BCUT2D eigenvalue weighted by atomic mass is 32.2. The van der Waals surface area contributed by atoms with E-state index in [4.69, 9.17) is 0 Å². The number of benzene rings is 1. The average Bonchev–Trinajstić information content (AvgIpc) is 2.53. The Bertz CT molecular complexity index is 819. The number of carbonyl (C=O) groups is 1. The maximum Gasteiger partial charge on any atom is 0.240 e. The first-order chi connectivity index (χ1) is 10.8. The molecule has 7 nitrogen and oxygen atoms in total. The van der Waals surface area contributed by atoms with Gasteiger partial charge < -0.3 is 4.90 Å². The maximum absolute atomic E-state index is 12.3. The summed E-state index contributed by atoms with van der Waals surface area (Å²) in [6, 6.07) is 7.63. The van der Waals surface area contributed by atoms with E-state index in [1.807, 2.05) is 14.1 Å². The van der Waals surface area contributed by atoms with Gasteiger partial charge in [0.25, 0.3) is 0 Å². The van der Waals surface area contributed by atoms with Gasteiger partial charge in [-0.25, -0.2) is 23.1 Å². The summed E-state index contributed by atoms with van der Waals surface area (Å²) in [5.74, 6) is 0.861. The van der Waals surface area contributed by atoms with Crippen LogP contribution in [0.4, 0.5) is 5.82 Å². The molecule has 0 bridgehead atoms. The molecule has 2 aromatic rings. The SMILES string of the molecule is CC(=O)c1cccc(S(=O)(=O)NCc2nccc(N(C)C)n2)c1. The highest BCUT2D eigenvalue weighted by Crippen LogP contribution is 2.13. The molecule has 2 rings (SSSR count). The number of nitrogens with zero attached hydrogens (tertiary/aromatic N) is 3. The van der Waals surface area contributed by atoms with Crippen molar-refractivity contribution in [1.82, 2.24) is 14.7 Å². The van der Waals surface area contributed by atoms with Crippen molar-refractivity contribution in [2.45, 2.75) is 18.4 Å². The number of sulfonamides is 1. The van der Waals surface area contributed by atoms with Crippen LogP contribution in [0.15, 0.2) is 41.4 Å². The van der Waals surface area contributed by atoms with E-state index in [-0.39, 0.29) is 17.2 Å². The number of hydrogen-bond acceptors (Lipinski definition) is 6. The molecule has 0 atom stereocenters. The predicted molar refractivity (Wildman–Crippen MR) is 86.8 cm³/mol. The standard InChI is InChI=1S/C15H18N4O3S/c1-11(20)12-5-4-6-13(9-12)23(21,22)17-10-14-16-8-7-15(18-14)19(2)3/h4-9,17H,10H2,1-3H3. The van der Waals surface area contributed by atoms with Crippen molar-refractivity contribution in [3.05, 3.63) is 47.9 Å². The molecule has 0 aliphatic rings. The van der Waals surface area contributed by atoms with Crippen LogP contribution in [0, 0.1) is 0 Å². The molecule has 0 aliphatic heterocycles. The topological polar surface area (TPSA) is 92.3 Å². The fourth-order valence-corrected chi connectivity index (χ4v) is 2.87. The van der Waals surface area contributed by atoms with Crippen molar-refractivity contribution in [2.24, 2.45) is 0 Å². The van der Waals surface area contributed by atoms with Gasteiger partial charge in [0.05, 0.1) is 11.4 Å². The summed E-state index contributed by atoms with van der Waals surface area (Å²) < 4.78 is 27.1. The normalized spacial score (nSPS) is 11.3. The summed E-state index contributed by atoms with van der Waals surface area (Å²) in [5.41, 5.74) is 0.346. The van der Waals surface area contributed by atoms with E-state index >= 15 is 0 Å². The minimum Gasteiger partial charge on any atom is -0.363 e. The van der Waals surface area contributed by atoms with E-state index in [9.17, 15) is 13.2 Å². The molecule has 1 N–H and O–H groups in total. The lowest BCUT2D eigenvalue weighted by Crippen LogP contribution is -2.25. The van der Waals surface area contributed by atoms with Crippen LogP contribution in [-0.2, 0) is 16.6 Å². The van der Waals surface area contributed by atoms with Crippen LogP contribution in [0.3, 0.4) is 0 Å². The Balaban J connectivity index is 2.17. The smallest absolute Gasteiger partial charge is 0.240 e. The van der Waals surface area contributed by atoms with Gasteiger partial charge in [-0.05, 0) is 25.1 Å². The van der Waals surface area contributed by atoms with Gasteiger partial charge in [-0.15, -0.1) is 0 Å². The van der Waals surface area contributed by atoms with Gasteiger partial charge in [0.15, 0.2) is 5.78 Å². The van der Waals surface area contributed by atoms with E-state index in [0.717, 1.165) is 0 Å². The van der Waals surface area contributed by atoms with Crippen LogP contribution >= 0.6 is 0 Å². The fraction of sp³-hybridized carbons (Fsp3) is 0.267. The molecule has 1 aromatic heterocycles. The number of rotatable bonds is 6. The molecule has 0 radical (unpaired) electrons. The number of Topliss-reactive ketones (excluding diaryl/α,β-unsaturated/α-hetero) is 1. The molecule has 8 heteroatoms. The number of hydrogen-bond donors (Lipinski definition) is 1. The molecule has 0 spiro atoms. The van der Waals surface area contributed by atoms with Crippen LogP contribution in [0.2, 0.25) is 0 Å². The van der Waals surface area contributed by atoms with Crippen molar-refractivity contribution in [3.63, 3.8) is 0 Å². The molecule has 1 aromatic carbocycles. The zero-order valence-corrected chi connectivity index (χ0v) is 14.0. The largest absolute Gasteiger partial charge is 0.363 e. The van der Waals surface area contributed by atoms with Crippen LogP contribution in [0.1, 0.15) is 23.1 Å². The number of anilines is 1. The number of aromatic nitrogens is 2. The number of ketones is 1. The van der Waals surface area contributed by atoms with E-state index in [1.165, 1.54) is 25.1 Å². The van der Waals surface area contributed by atoms with Crippen LogP contribution in [-0.4, -0.2) is 38.3 Å². The first kappa shape index (κ1) is 17.0. The maximum atomic E-state index is 12.3. The Hall–Kier alpha value is -2.32. The van der Waals surface area contributed by atoms with Crippen molar-refractivity contribution >= 4 is 21.6 Å². The zero-order valence-electron chi connectivity index (χ0n) is 13.1. The molecule has 0 unspecified atom stereocenters. The summed E-state index contributed by atoms with van der Waals surface area (Å²) in [6.45, 7) is 1.36. The molecule has 122 valence electrons. The van der Waals surface area contributed by atoms with Crippen LogP contribution < -0.4 is 9.62 Å². The summed E-state index contributed by atoms with van der Waals surface area (Å²) in [7, 11) is -0.0697. The Morgan fingerprint density at radius 2 is 2.00 bits per heavy atom. The third-order valence-electron chi connectivity index (χ3n) is 3.12. The number of nitrogens with one attached hydrogen (secondary N) is 1. The quantitative estimate of drug-likeness (QED) is 0.799. The molecule has 23 heavy (non-hydrogen) atoms. The Morgan fingerprint density at radius 3 is 2.65 bits per heavy atom. The molecule has 0 fully saturated rings. The van der Waals surface area contributed by atoms with Crippen LogP contribution in [0.25, 0.3) is 0 Å². The molecule has 1 heterocycles. The lowest BCUT2D eigenvalue weighted by atomic mass is 10.2. The highest BCUT2D eigenvalue weighted by molar-refractivity contribution is 7.89. The summed E-state index contributed by atoms with van der Waals surface area (Å²) in [5, 5.41) is 0. The van der Waals surface area contributed by atoms with Gasteiger partial charge in [0.2, 0.25) is 10.0 Å². The second kappa shape index (κ2) is 6.84. The monoisotopic (exact) mass is 334 g/mol. The summed E-state index contributed by atoms with van der Waals surface area (Å²) in [4.78, 5) is 21.5. The molecule has 0 saturated heterocycles. The van der Waals surface area contributed by atoms with Crippen molar-refractivity contribution in [3.8, 4) is 0 Å². The van der Waals surface area contributed by atoms with Gasteiger partial charge in [0.1, 0.15) is 11.6 Å². The van der Waals surface area contributed by atoms with Gasteiger partial charge in [0, 0.05) is 25.9 Å².